The minimum absolute atomic E-state index is 0.0118. The summed E-state index contributed by atoms with van der Waals surface area (Å²) >= 11 is 0. The maximum Gasteiger partial charge on any atom is 0.328 e. The second-order valence-electron chi connectivity index (χ2n) is 7.87. The Bertz CT molecular complexity index is 897. The number of methoxy groups -OCH3 is 2. The van der Waals surface area contributed by atoms with Gasteiger partial charge in [0.1, 0.15) is 12.1 Å². The minimum Gasteiger partial charge on any atom is -0.467 e. The predicted octanol–water partition coefficient (Wildman–Crippen LogP) is 1.04. The van der Waals surface area contributed by atoms with E-state index in [0.717, 1.165) is 6.07 Å². The quantitative estimate of drug-likeness (QED) is 0.495. The van der Waals surface area contributed by atoms with Gasteiger partial charge in [-0.2, -0.15) is 0 Å². The predicted molar refractivity (Wildman–Crippen MR) is 113 cm³/mol. The van der Waals surface area contributed by atoms with Gasteiger partial charge in [-0.1, -0.05) is 12.1 Å². The molecule has 0 bridgehead atoms. The van der Waals surface area contributed by atoms with Crippen molar-refractivity contribution in [2.45, 2.75) is 63.9 Å². The van der Waals surface area contributed by atoms with Gasteiger partial charge >= 0.3 is 5.97 Å². The topological polar surface area (TPSA) is 114 Å². The summed E-state index contributed by atoms with van der Waals surface area (Å²) in [5.41, 5.74) is 0.0118. The molecule has 0 unspecified atom stereocenters. The number of amides is 3. The Kier molecular flexibility index (Phi) is 9.27. The molecular formula is C22H29F2N3O6. The summed E-state index contributed by atoms with van der Waals surface area (Å²) in [4.78, 5) is 50.6. The Balaban J connectivity index is 2.07. The van der Waals surface area contributed by atoms with Crippen LogP contribution in [0.2, 0.25) is 0 Å². The third kappa shape index (κ3) is 6.70. The summed E-state index contributed by atoms with van der Waals surface area (Å²) in [6.07, 6.45) is -0.333. The zero-order valence-electron chi connectivity index (χ0n) is 19.0. The summed E-state index contributed by atoms with van der Waals surface area (Å²) in [6, 6.07) is 1.12. The lowest BCUT2D eigenvalue weighted by atomic mass is 10.1. The molecule has 0 aliphatic carbocycles. The number of rotatable bonds is 10. The molecule has 1 aliphatic rings. The van der Waals surface area contributed by atoms with E-state index in [1.54, 1.807) is 6.92 Å². The van der Waals surface area contributed by atoms with Crippen LogP contribution in [-0.2, 0) is 35.2 Å². The molecule has 2 rings (SSSR count). The van der Waals surface area contributed by atoms with Crippen LogP contribution in [0.4, 0.5) is 8.78 Å². The van der Waals surface area contributed by atoms with Gasteiger partial charge in [0.15, 0.2) is 11.6 Å². The lowest BCUT2D eigenvalue weighted by Gasteiger charge is -2.27. The van der Waals surface area contributed by atoms with Gasteiger partial charge in [-0.05, 0) is 26.3 Å². The first-order chi connectivity index (χ1) is 15.6. The van der Waals surface area contributed by atoms with Crippen LogP contribution in [-0.4, -0.2) is 67.0 Å². The lowest BCUT2D eigenvalue weighted by Crippen LogP contribution is -2.56. The van der Waals surface area contributed by atoms with Crippen LogP contribution in [0.1, 0.15) is 38.7 Å². The summed E-state index contributed by atoms with van der Waals surface area (Å²) in [5, 5.41) is 5.03. The molecule has 2 N–H and O–H groups in total. The zero-order chi connectivity index (χ0) is 24.7. The summed E-state index contributed by atoms with van der Waals surface area (Å²) in [6.45, 7) is 2.84. The second kappa shape index (κ2) is 11.7. The summed E-state index contributed by atoms with van der Waals surface area (Å²) in [5.74, 6) is -4.15. The van der Waals surface area contributed by atoms with E-state index in [1.807, 2.05) is 0 Å². The number of carbonyl (C=O) groups excluding carboxylic acids is 4. The number of halogens is 2. The molecule has 0 spiro atoms. The molecule has 0 radical (unpaired) electrons. The van der Waals surface area contributed by atoms with Crippen molar-refractivity contribution in [2.75, 3.05) is 14.2 Å². The van der Waals surface area contributed by atoms with Crippen molar-refractivity contribution in [3.8, 4) is 0 Å². The third-order valence-electron chi connectivity index (χ3n) is 5.60. The monoisotopic (exact) mass is 469 g/mol. The van der Waals surface area contributed by atoms with E-state index >= 15 is 0 Å². The van der Waals surface area contributed by atoms with Gasteiger partial charge in [0.25, 0.3) is 0 Å². The Morgan fingerprint density at radius 1 is 1.18 bits per heavy atom. The van der Waals surface area contributed by atoms with Crippen LogP contribution in [0.25, 0.3) is 0 Å². The van der Waals surface area contributed by atoms with Gasteiger partial charge in [0.2, 0.25) is 17.7 Å². The van der Waals surface area contributed by atoms with E-state index in [9.17, 15) is 28.0 Å². The lowest BCUT2D eigenvalue weighted by molar-refractivity contribution is -0.145. The zero-order valence-corrected chi connectivity index (χ0v) is 19.0. The fourth-order valence-electron chi connectivity index (χ4n) is 3.59. The molecule has 1 aromatic carbocycles. The molecule has 4 atom stereocenters. The molecule has 1 heterocycles. The first-order valence-corrected chi connectivity index (χ1v) is 10.5. The Hall–Kier alpha value is -3.08. The van der Waals surface area contributed by atoms with Crippen LogP contribution in [0.3, 0.4) is 0 Å². The maximum absolute atomic E-state index is 14.1. The maximum atomic E-state index is 14.1. The molecule has 11 heteroatoms. The van der Waals surface area contributed by atoms with Gasteiger partial charge in [-0.3, -0.25) is 14.4 Å². The van der Waals surface area contributed by atoms with E-state index in [-0.39, 0.29) is 30.9 Å². The fourth-order valence-corrected chi connectivity index (χ4v) is 3.59. The highest BCUT2D eigenvalue weighted by Crippen LogP contribution is 2.25. The average molecular weight is 469 g/mol. The van der Waals surface area contributed by atoms with Crippen LogP contribution in [0.5, 0.6) is 0 Å². The van der Waals surface area contributed by atoms with Crippen molar-refractivity contribution in [1.29, 1.82) is 0 Å². The van der Waals surface area contributed by atoms with Crippen LogP contribution >= 0.6 is 0 Å². The fraction of sp³-hybridized carbons (Fsp3) is 0.545. The van der Waals surface area contributed by atoms with Crippen molar-refractivity contribution in [2.24, 2.45) is 0 Å². The van der Waals surface area contributed by atoms with Crippen molar-refractivity contribution in [3.63, 3.8) is 0 Å². The SMILES string of the molecule is COC(=O)[C@H](C)NC(=O)[C@@H](NC(=O)C[C@@H]1CCC(=O)N1Cc1cccc(F)c1F)[C@@H](C)OC. The number of esters is 1. The molecule has 1 aliphatic heterocycles. The first-order valence-electron chi connectivity index (χ1n) is 10.5. The van der Waals surface area contributed by atoms with E-state index in [1.165, 1.54) is 38.2 Å². The van der Waals surface area contributed by atoms with Gasteiger partial charge in [-0.25, -0.2) is 13.6 Å². The van der Waals surface area contributed by atoms with Crippen LogP contribution in [0, 0.1) is 11.6 Å². The summed E-state index contributed by atoms with van der Waals surface area (Å²) in [7, 11) is 2.55. The van der Waals surface area contributed by atoms with Gasteiger partial charge in [-0.15, -0.1) is 0 Å². The van der Waals surface area contributed by atoms with Gasteiger partial charge in [0.05, 0.1) is 13.2 Å². The summed E-state index contributed by atoms with van der Waals surface area (Å²) < 4.78 is 37.3. The molecule has 1 saturated heterocycles. The van der Waals surface area contributed by atoms with E-state index in [4.69, 9.17) is 4.74 Å². The number of carbonyl (C=O) groups is 4. The third-order valence-corrected chi connectivity index (χ3v) is 5.60. The molecule has 3 amide bonds. The largest absolute Gasteiger partial charge is 0.467 e. The molecular weight excluding hydrogens is 440 g/mol. The van der Waals surface area contributed by atoms with Crippen molar-refractivity contribution < 1.29 is 37.4 Å². The normalized spacial score (nSPS) is 18.4. The van der Waals surface area contributed by atoms with Crippen molar-refractivity contribution in [3.05, 3.63) is 35.4 Å². The highest BCUT2D eigenvalue weighted by atomic mass is 19.2. The smallest absolute Gasteiger partial charge is 0.328 e. The van der Waals surface area contributed by atoms with Crippen LogP contribution in [0.15, 0.2) is 18.2 Å². The Labute approximate surface area is 190 Å². The average Bonchev–Trinajstić information content (AvgIpc) is 3.12. The number of hydrogen-bond donors (Lipinski definition) is 2. The van der Waals surface area contributed by atoms with Gasteiger partial charge in [0, 0.05) is 38.1 Å². The number of ether oxygens (including phenoxy) is 2. The van der Waals surface area contributed by atoms with Crippen molar-refractivity contribution >= 4 is 23.7 Å². The molecule has 33 heavy (non-hydrogen) atoms. The van der Waals surface area contributed by atoms with Crippen molar-refractivity contribution in [1.82, 2.24) is 15.5 Å². The first kappa shape index (κ1) is 26.2. The minimum atomic E-state index is -1.11. The van der Waals surface area contributed by atoms with Crippen LogP contribution < -0.4 is 10.6 Å². The molecule has 1 fully saturated rings. The molecule has 0 aromatic heterocycles. The standard InChI is InChI=1S/C22H29F2N3O6/c1-12(22(31)33-4)25-21(30)20(13(2)32-3)26-17(28)10-15-8-9-18(29)27(15)11-14-6-5-7-16(23)19(14)24/h5-7,12-13,15,20H,8-11H2,1-4H3,(H,25,30)(H,26,28)/t12-,13+,15-,20-/m0/s1. The molecule has 1 aromatic rings. The van der Waals surface area contributed by atoms with Gasteiger partial charge < -0.3 is 25.0 Å². The van der Waals surface area contributed by atoms with E-state index in [0.29, 0.717) is 6.42 Å². The molecule has 0 saturated carbocycles. The Morgan fingerprint density at radius 3 is 2.52 bits per heavy atom. The number of likely N-dealkylation sites (tertiary alicyclic amines) is 1. The second-order valence-corrected chi connectivity index (χ2v) is 7.87. The number of nitrogens with zero attached hydrogens (tertiary/aromatic N) is 1. The van der Waals surface area contributed by atoms with E-state index in [2.05, 4.69) is 15.4 Å². The number of hydrogen-bond acceptors (Lipinski definition) is 6. The molecule has 9 nitrogen and oxygen atoms in total. The number of nitrogens with one attached hydrogen (secondary N) is 2. The Morgan fingerprint density at radius 2 is 1.88 bits per heavy atom. The van der Waals surface area contributed by atoms with E-state index < -0.39 is 53.6 Å². The highest BCUT2D eigenvalue weighted by Gasteiger charge is 2.35. The number of benzene rings is 1. The highest BCUT2D eigenvalue weighted by molar-refractivity contribution is 5.91. The molecule has 182 valence electrons.